The lowest BCUT2D eigenvalue weighted by Gasteiger charge is -2.36. The molecule has 0 radical (unpaired) electrons. The smallest absolute Gasteiger partial charge is 0.351 e. The van der Waals surface area contributed by atoms with E-state index >= 15 is 0 Å². The van der Waals surface area contributed by atoms with Gasteiger partial charge < -0.3 is 14.2 Å². The van der Waals surface area contributed by atoms with Crippen molar-refractivity contribution in [2.45, 2.75) is 44.0 Å². The molecule has 17 heavy (non-hydrogen) atoms. The molecule has 0 aromatic carbocycles. The molecule has 2 bridgehead atoms. The summed E-state index contributed by atoms with van der Waals surface area (Å²) in [6.07, 6.45) is 3.31. The van der Waals surface area contributed by atoms with Gasteiger partial charge in [0.15, 0.2) is 0 Å². The summed E-state index contributed by atoms with van der Waals surface area (Å²) < 4.78 is 16.1. The number of fused-ring (bicyclic) bond motifs is 4. The van der Waals surface area contributed by atoms with E-state index < -0.39 is 17.5 Å². The highest BCUT2D eigenvalue weighted by Crippen LogP contribution is 2.45. The van der Waals surface area contributed by atoms with E-state index in [1.807, 2.05) is 0 Å². The van der Waals surface area contributed by atoms with Gasteiger partial charge in [-0.1, -0.05) is 6.08 Å². The first-order valence-electron chi connectivity index (χ1n) is 5.83. The number of rotatable bonds is 1. The molecule has 0 spiro atoms. The topological polar surface area (TPSA) is 61.8 Å². The van der Waals surface area contributed by atoms with Crippen LogP contribution >= 0.6 is 0 Å². The third-order valence-electron chi connectivity index (χ3n) is 3.55. The van der Waals surface area contributed by atoms with E-state index in [0.717, 1.165) is 12.0 Å². The normalized spacial score (nSPS) is 39.1. The van der Waals surface area contributed by atoms with Crippen LogP contribution in [0.1, 0.15) is 26.2 Å². The predicted octanol–water partition coefficient (Wildman–Crippen LogP) is 0.723. The van der Waals surface area contributed by atoms with Gasteiger partial charge >= 0.3 is 11.9 Å². The first-order valence-corrected chi connectivity index (χ1v) is 5.83. The zero-order valence-corrected chi connectivity index (χ0v) is 9.60. The van der Waals surface area contributed by atoms with Gasteiger partial charge in [0.2, 0.25) is 5.60 Å². The second-order valence-electron chi connectivity index (χ2n) is 4.74. The van der Waals surface area contributed by atoms with Gasteiger partial charge in [-0.05, 0) is 12.0 Å². The minimum Gasteiger partial charge on any atom is -0.455 e. The molecule has 1 aliphatic carbocycles. The summed E-state index contributed by atoms with van der Waals surface area (Å²) >= 11 is 0. The van der Waals surface area contributed by atoms with Crippen LogP contribution in [0, 0.1) is 0 Å². The fourth-order valence-electron chi connectivity index (χ4n) is 2.89. The van der Waals surface area contributed by atoms with Gasteiger partial charge in [0.05, 0.1) is 12.7 Å². The Morgan fingerprint density at radius 2 is 2.24 bits per heavy atom. The summed E-state index contributed by atoms with van der Waals surface area (Å²) in [5.41, 5.74) is -0.0829. The highest BCUT2D eigenvalue weighted by Gasteiger charge is 2.59. The first-order chi connectivity index (χ1) is 8.11. The molecule has 3 rings (SSSR count). The number of ether oxygens (including phenoxy) is 3. The zero-order valence-electron chi connectivity index (χ0n) is 9.60. The van der Waals surface area contributed by atoms with Crippen molar-refractivity contribution in [3.8, 4) is 0 Å². The Balaban J connectivity index is 1.93. The molecule has 2 fully saturated rings. The van der Waals surface area contributed by atoms with Gasteiger partial charge in [0, 0.05) is 19.8 Å². The molecule has 0 aromatic heterocycles. The monoisotopic (exact) mass is 238 g/mol. The largest absolute Gasteiger partial charge is 0.455 e. The standard InChI is InChI=1S/C12H14O5/c1-7(13)17-12-5-9-8(3-2-4-15-9)10(6-12)16-11(12)14/h3,9-10H,2,4-6H2,1H3/t9-,10-,12+/m1/s1. The number of hydrogen-bond acceptors (Lipinski definition) is 5. The van der Waals surface area contributed by atoms with E-state index in [2.05, 4.69) is 6.08 Å². The van der Waals surface area contributed by atoms with Crippen molar-refractivity contribution in [3.63, 3.8) is 0 Å². The van der Waals surface area contributed by atoms with Crippen LogP contribution < -0.4 is 0 Å². The fraction of sp³-hybridized carbons (Fsp3) is 0.667. The Bertz CT molecular complexity index is 413. The average molecular weight is 238 g/mol. The molecule has 1 saturated heterocycles. The Labute approximate surface area is 98.7 Å². The third kappa shape index (κ3) is 1.57. The fourth-order valence-corrected chi connectivity index (χ4v) is 2.89. The van der Waals surface area contributed by atoms with Crippen molar-refractivity contribution >= 4 is 11.9 Å². The summed E-state index contributed by atoms with van der Waals surface area (Å²) in [6.45, 7) is 1.95. The van der Waals surface area contributed by atoms with E-state index in [9.17, 15) is 9.59 Å². The van der Waals surface area contributed by atoms with Crippen LogP contribution in [0.15, 0.2) is 11.6 Å². The zero-order chi connectivity index (χ0) is 12.0. The van der Waals surface area contributed by atoms with Gasteiger partial charge in [0.1, 0.15) is 6.10 Å². The van der Waals surface area contributed by atoms with Crippen LogP contribution in [0.25, 0.3) is 0 Å². The Morgan fingerprint density at radius 1 is 1.47 bits per heavy atom. The molecule has 3 aliphatic rings. The van der Waals surface area contributed by atoms with E-state index in [-0.39, 0.29) is 12.2 Å². The molecule has 0 amide bonds. The van der Waals surface area contributed by atoms with Crippen LogP contribution in [-0.2, 0) is 23.8 Å². The van der Waals surface area contributed by atoms with Crippen molar-refractivity contribution in [1.29, 1.82) is 0 Å². The lowest BCUT2D eigenvalue weighted by atomic mass is 9.79. The van der Waals surface area contributed by atoms with E-state index in [4.69, 9.17) is 14.2 Å². The Kier molecular flexibility index (Phi) is 2.26. The second-order valence-corrected chi connectivity index (χ2v) is 4.74. The maximum Gasteiger partial charge on any atom is 0.351 e. The van der Waals surface area contributed by atoms with Crippen molar-refractivity contribution in [1.82, 2.24) is 0 Å². The van der Waals surface area contributed by atoms with Crippen molar-refractivity contribution < 1.29 is 23.8 Å². The molecule has 0 N–H and O–H groups in total. The maximum atomic E-state index is 11.9. The summed E-state index contributed by atoms with van der Waals surface area (Å²) in [7, 11) is 0. The number of esters is 2. The van der Waals surface area contributed by atoms with Crippen LogP contribution in [0.2, 0.25) is 0 Å². The molecule has 0 aromatic rings. The quantitative estimate of drug-likeness (QED) is 0.497. The minimum atomic E-state index is -1.12. The highest BCUT2D eigenvalue weighted by molar-refractivity contribution is 5.86. The van der Waals surface area contributed by atoms with E-state index in [0.29, 0.717) is 19.4 Å². The molecule has 1 saturated carbocycles. The highest BCUT2D eigenvalue weighted by atomic mass is 16.6. The van der Waals surface area contributed by atoms with Crippen molar-refractivity contribution in [2.24, 2.45) is 0 Å². The average Bonchev–Trinajstić information content (AvgIpc) is 2.51. The van der Waals surface area contributed by atoms with Gasteiger partial charge in [-0.25, -0.2) is 4.79 Å². The summed E-state index contributed by atoms with van der Waals surface area (Å²) in [5, 5.41) is 0. The molecular weight excluding hydrogens is 224 g/mol. The van der Waals surface area contributed by atoms with E-state index in [1.54, 1.807) is 0 Å². The van der Waals surface area contributed by atoms with Gasteiger partial charge in [-0.2, -0.15) is 0 Å². The summed E-state index contributed by atoms with van der Waals surface area (Å²) in [5.74, 6) is -0.887. The van der Waals surface area contributed by atoms with Crippen molar-refractivity contribution in [2.75, 3.05) is 6.61 Å². The second kappa shape index (κ2) is 3.57. The first kappa shape index (κ1) is 10.8. The third-order valence-corrected chi connectivity index (χ3v) is 3.55. The molecule has 3 atom stereocenters. The SMILES string of the molecule is CC(=O)O[C@@]12C[C@H]3OCCC=C3[C@@H](C1)OC2=O. The number of carbonyl (C=O) groups is 2. The van der Waals surface area contributed by atoms with Crippen LogP contribution in [0.3, 0.4) is 0 Å². The molecule has 2 heterocycles. The Hall–Kier alpha value is -1.36. The van der Waals surface area contributed by atoms with Gasteiger partial charge in [-0.3, -0.25) is 4.79 Å². The number of carbonyl (C=O) groups excluding carboxylic acids is 2. The summed E-state index contributed by atoms with van der Waals surface area (Å²) in [4.78, 5) is 23.0. The predicted molar refractivity (Wildman–Crippen MR) is 56.1 cm³/mol. The van der Waals surface area contributed by atoms with E-state index in [1.165, 1.54) is 6.92 Å². The molecule has 5 heteroatoms. The molecular formula is C12H14O5. The number of hydrogen-bond donors (Lipinski definition) is 0. The maximum absolute atomic E-state index is 11.9. The molecule has 0 unspecified atom stereocenters. The van der Waals surface area contributed by atoms with Crippen LogP contribution in [0.5, 0.6) is 0 Å². The molecule has 2 aliphatic heterocycles. The van der Waals surface area contributed by atoms with Crippen LogP contribution in [0.4, 0.5) is 0 Å². The van der Waals surface area contributed by atoms with Crippen molar-refractivity contribution in [3.05, 3.63) is 11.6 Å². The lowest BCUT2D eigenvalue weighted by molar-refractivity contribution is -0.173. The van der Waals surface area contributed by atoms with Gasteiger partial charge in [0.25, 0.3) is 0 Å². The minimum absolute atomic E-state index is 0.145. The molecule has 92 valence electrons. The summed E-state index contributed by atoms with van der Waals surface area (Å²) in [6, 6.07) is 0. The molecule has 5 nitrogen and oxygen atoms in total. The Morgan fingerprint density at radius 3 is 3.00 bits per heavy atom. The van der Waals surface area contributed by atoms with Crippen LogP contribution in [-0.4, -0.2) is 36.4 Å². The lowest BCUT2D eigenvalue weighted by Crippen LogP contribution is -2.47. The van der Waals surface area contributed by atoms with Gasteiger partial charge in [-0.15, -0.1) is 0 Å².